The van der Waals surface area contributed by atoms with Crippen LogP contribution in [0.5, 0.6) is 17.4 Å². The first-order chi connectivity index (χ1) is 15.2. The number of benzene rings is 1. The van der Waals surface area contributed by atoms with Gasteiger partial charge in [0.15, 0.2) is 5.96 Å². The summed E-state index contributed by atoms with van der Waals surface area (Å²) < 4.78 is 11.0. The van der Waals surface area contributed by atoms with Gasteiger partial charge >= 0.3 is 0 Å². The lowest BCUT2D eigenvalue weighted by Crippen LogP contribution is -2.41. The van der Waals surface area contributed by atoms with Crippen molar-refractivity contribution in [2.75, 3.05) is 33.8 Å². The van der Waals surface area contributed by atoms with Crippen LogP contribution in [0, 0.1) is 0 Å². The summed E-state index contributed by atoms with van der Waals surface area (Å²) in [6.45, 7) is 6.28. The molecule has 3 rings (SSSR count). The first-order valence-electron chi connectivity index (χ1n) is 11.1. The van der Waals surface area contributed by atoms with Crippen LogP contribution in [0.2, 0.25) is 0 Å². The van der Waals surface area contributed by atoms with Crippen LogP contribution < -0.4 is 20.1 Å². The zero-order valence-corrected chi connectivity index (χ0v) is 18.9. The van der Waals surface area contributed by atoms with Crippen molar-refractivity contribution in [1.29, 1.82) is 0 Å². The minimum Gasteiger partial charge on any atom is -0.497 e. The number of piperidine rings is 1. The number of likely N-dealkylation sites (tertiary alicyclic amines) is 1. The maximum atomic E-state index is 5.79. The van der Waals surface area contributed by atoms with Gasteiger partial charge in [-0.1, -0.05) is 18.6 Å². The van der Waals surface area contributed by atoms with E-state index in [1.165, 1.54) is 25.8 Å². The number of nitrogens with zero attached hydrogens (tertiary/aromatic N) is 3. The van der Waals surface area contributed by atoms with Crippen LogP contribution in [0.1, 0.15) is 38.2 Å². The predicted molar refractivity (Wildman–Crippen MR) is 125 cm³/mol. The van der Waals surface area contributed by atoms with E-state index in [1.807, 2.05) is 42.6 Å². The van der Waals surface area contributed by atoms with Crippen LogP contribution in [-0.4, -0.2) is 55.7 Å². The molecular formula is C24H35N5O2. The van der Waals surface area contributed by atoms with Crippen molar-refractivity contribution in [3.8, 4) is 17.4 Å². The van der Waals surface area contributed by atoms with E-state index in [0.29, 0.717) is 18.2 Å². The van der Waals surface area contributed by atoms with E-state index in [2.05, 4.69) is 32.4 Å². The topological polar surface area (TPSA) is 71.0 Å². The lowest BCUT2D eigenvalue weighted by Gasteiger charge is -2.33. The van der Waals surface area contributed by atoms with Crippen molar-refractivity contribution in [2.24, 2.45) is 4.99 Å². The van der Waals surface area contributed by atoms with Crippen LogP contribution in [0.3, 0.4) is 0 Å². The second-order valence-corrected chi connectivity index (χ2v) is 7.87. The zero-order valence-electron chi connectivity index (χ0n) is 18.9. The third-order valence-corrected chi connectivity index (χ3v) is 5.60. The number of guanidine groups is 1. The average molecular weight is 426 g/mol. The van der Waals surface area contributed by atoms with Crippen LogP contribution in [0.25, 0.3) is 0 Å². The van der Waals surface area contributed by atoms with Crippen molar-refractivity contribution in [1.82, 2.24) is 20.5 Å². The third-order valence-electron chi connectivity index (χ3n) is 5.60. The minimum atomic E-state index is 0.548. The summed E-state index contributed by atoms with van der Waals surface area (Å²) in [4.78, 5) is 11.3. The Kier molecular flexibility index (Phi) is 8.97. The molecule has 1 aromatic carbocycles. The summed E-state index contributed by atoms with van der Waals surface area (Å²) in [6, 6.07) is 12.1. The molecule has 1 fully saturated rings. The number of hydrogen-bond donors (Lipinski definition) is 2. The number of nitrogens with one attached hydrogen (secondary N) is 2. The second-order valence-electron chi connectivity index (χ2n) is 7.87. The highest BCUT2D eigenvalue weighted by Crippen LogP contribution is 2.23. The molecule has 7 heteroatoms. The van der Waals surface area contributed by atoms with Crippen LogP contribution >= 0.6 is 0 Å². The fourth-order valence-electron chi connectivity index (χ4n) is 3.75. The molecule has 0 saturated carbocycles. The van der Waals surface area contributed by atoms with E-state index in [0.717, 1.165) is 42.8 Å². The number of rotatable bonds is 9. The molecular weight excluding hydrogens is 390 g/mol. The molecule has 7 nitrogen and oxygen atoms in total. The fourth-order valence-corrected chi connectivity index (χ4v) is 3.75. The third kappa shape index (κ3) is 7.43. The molecule has 31 heavy (non-hydrogen) atoms. The largest absolute Gasteiger partial charge is 0.497 e. The predicted octanol–water partition coefficient (Wildman–Crippen LogP) is 3.81. The van der Waals surface area contributed by atoms with Gasteiger partial charge in [0.1, 0.15) is 11.5 Å². The highest BCUT2D eigenvalue weighted by molar-refractivity contribution is 5.79. The van der Waals surface area contributed by atoms with Gasteiger partial charge in [-0.25, -0.2) is 4.98 Å². The lowest BCUT2D eigenvalue weighted by molar-refractivity contribution is 0.159. The van der Waals surface area contributed by atoms with Crippen molar-refractivity contribution < 1.29 is 9.47 Å². The van der Waals surface area contributed by atoms with Crippen molar-refractivity contribution in [2.45, 2.75) is 45.2 Å². The van der Waals surface area contributed by atoms with Crippen LogP contribution in [0.4, 0.5) is 0 Å². The number of ether oxygens (including phenoxy) is 2. The van der Waals surface area contributed by atoms with Gasteiger partial charge in [-0.05, 0) is 50.4 Å². The summed E-state index contributed by atoms with van der Waals surface area (Å²) in [5.41, 5.74) is 1.06. The first-order valence-corrected chi connectivity index (χ1v) is 11.1. The van der Waals surface area contributed by atoms with E-state index in [9.17, 15) is 0 Å². The van der Waals surface area contributed by atoms with E-state index < -0.39 is 0 Å². The Balaban J connectivity index is 1.39. The van der Waals surface area contributed by atoms with E-state index >= 15 is 0 Å². The molecule has 0 spiro atoms. The maximum absolute atomic E-state index is 5.79. The Bertz CT molecular complexity index is 825. The number of pyridine rings is 1. The summed E-state index contributed by atoms with van der Waals surface area (Å²) in [6.07, 6.45) is 6.96. The summed E-state index contributed by atoms with van der Waals surface area (Å²) in [5.74, 6) is 2.80. The van der Waals surface area contributed by atoms with E-state index in [4.69, 9.17) is 9.47 Å². The Morgan fingerprint density at radius 3 is 2.81 bits per heavy atom. The molecule has 1 aliphatic rings. The van der Waals surface area contributed by atoms with Gasteiger partial charge in [0.2, 0.25) is 5.88 Å². The molecule has 168 valence electrons. The molecule has 2 N–H and O–H groups in total. The molecule has 2 heterocycles. The Labute approximate surface area is 185 Å². The van der Waals surface area contributed by atoms with Crippen LogP contribution in [0.15, 0.2) is 47.6 Å². The molecule has 1 aliphatic heterocycles. The molecule has 0 bridgehead atoms. The van der Waals surface area contributed by atoms with Gasteiger partial charge < -0.3 is 25.0 Å². The molecule has 1 aromatic heterocycles. The standard InChI is InChI=1S/C24H35N5O2/c1-19-8-4-5-14-29(19)15-7-13-26-24(25-2)28-18-20-11-12-23(27-17-20)31-22-10-6-9-21(16-22)30-3/h6,9-12,16-17,19H,4-5,7-8,13-15,18H2,1-3H3,(H2,25,26,28). The molecule has 1 saturated heterocycles. The first kappa shape index (κ1) is 22.9. The van der Waals surface area contributed by atoms with Crippen molar-refractivity contribution >= 4 is 5.96 Å². The Morgan fingerprint density at radius 2 is 2.06 bits per heavy atom. The molecule has 0 aliphatic carbocycles. The number of methoxy groups -OCH3 is 1. The van der Waals surface area contributed by atoms with Crippen LogP contribution in [-0.2, 0) is 6.54 Å². The fraction of sp³-hybridized carbons (Fsp3) is 0.500. The lowest BCUT2D eigenvalue weighted by atomic mass is 10.0. The van der Waals surface area contributed by atoms with Crippen molar-refractivity contribution in [3.05, 3.63) is 48.2 Å². The van der Waals surface area contributed by atoms with Gasteiger partial charge in [0, 0.05) is 51.1 Å². The average Bonchev–Trinajstić information content (AvgIpc) is 2.81. The van der Waals surface area contributed by atoms with Crippen molar-refractivity contribution in [3.63, 3.8) is 0 Å². The summed E-state index contributed by atoms with van der Waals surface area (Å²) >= 11 is 0. The maximum Gasteiger partial charge on any atom is 0.219 e. The van der Waals surface area contributed by atoms with Gasteiger partial charge in [-0.15, -0.1) is 0 Å². The normalized spacial score (nSPS) is 17.3. The second kappa shape index (κ2) is 12.2. The molecule has 0 radical (unpaired) electrons. The molecule has 1 unspecified atom stereocenters. The van der Waals surface area contributed by atoms with E-state index in [1.54, 1.807) is 14.2 Å². The molecule has 1 atom stereocenters. The SMILES string of the molecule is CN=C(NCCCN1CCCCC1C)NCc1ccc(Oc2cccc(OC)c2)nc1. The minimum absolute atomic E-state index is 0.548. The van der Waals surface area contributed by atoms with Gasteiger partial charge in [0.05, 0.1) is 7.11 Å². The summed E-state index contributed by atoms with van der Waals surface area (Å²) in [7, 11) is 3.43. The Hall–Kier alpha value is -2.80. The quantitative estimate of drug-likeness (QED) is 0.362. The molecule has 0 amide bonds. The number of aromatic nitrogens is 1. The highest BCUT2D eigenvalue weighted by Gasteiger charge is 2.17. The molecule has 2 aromatic rings. The summed E-state index contributed by atoms with van der Waals surface area (Å²) in [5, 5.41) is 6.75. The van der Waals surface area contributed by atoms with Gasteiger partial charge in [0.25, 0.3) is 0 Å². The monoisotopic (exact) mass is 425 g/mol. The smallest absolute Gasteiger partial charge is 0.219 e. The van der Waals surface area contributed by atoms with Gasteiger partial charge in [-0.2, -0.15) is 0 Å². The highest BCUT2D eigenvalue weighted by atomic mass is 16.5. The zero-order chi connectivity index (χ0) is 21.9. The Morgan fingerprint density at radius 1 is 1.19 bits per heavy atom. The van der Waals surface area contributed by atoms with Gasteiger partial charge in [-0.3, -0.25) is 4.99 Å². The van der Waals surface area contributed by atoms with E-state index in [-0.39, 0.29) is 0 Å². The number of aliphatic imine (C=N–C) groups is 1. The number of hydrogen-bond acceptors (Lipinski definition) is 5.